The Hall–Kier alpha value is -0.570. The van der Waals surface area contributed by atoms with Gasteiger partial charge in [0.2, 0.25) is 5.91 Å². The first-order valence-electron chi connectivity index (χ1n) is 6.55. The van der Waals surface area contributed by atoms with Crippen LogP contribution in [0, 0.1) is 5.92 Å². The van der Waals surface area contributed by atoms with Crippen molar-refractivity contribution in [1.82, 2.24) is 5.32 Å². The summed E-state index contributed by atoms with van der Waals surface area (Å²) >= 11 is 0. The van der Waals surface area contributed by atoms with Crippen molar-refractivity contribution < 1.29 is 4.79 Å². The van der Waals surface area contributed by atoms with E-state index in [1.807, 2.05) is 0 Å². The summed E-state index contributed by atoms with van der Waals surface area (Å²) in [6.45, 7) is 6.39. The van der Waals surface area contributed by atoms with E-state index < -0.39 is 0 Å². The lowest BCUT2D eigenvalue weighted by atomic mass is 9.93. The van der Waals surface area contributed by atoms with E-state index in [1.54, 1.807) is 0 Å². The molecule has 3 heteroatoms. The van der Waals surface area contributed by atoms with Crippen molar-refractivity contribution in [2.75, 3.05) is 0 Å². The van der Waals surface area contributed by atoms with Gasteiger partial charge in [0.05, 0.1) is 0 Å². The first-order valence-corrected chi connectivity index (χ1v) is 6.55. The minimum absolute atomic E-state index is 0.130. The van der Waals surface area contributed by atoms with Gasteiger partial charge in [-0.05, 0) is 25.2 Å². The predicted octanol–water partition coefficient (Wildman–Crippen LogP) is 2.20. The molecule has 1 saturated carbocycles. The van der Waals surface area contributed by atoms with E-state index in [0.717, 1.165) is 19.3 Å². The summed E-state index contributed by atoms with van der Waals surface area (Å²) in [4.78, 5) is 11.9. The van der Waals surface area contributed by atoms with Crippen molar-refractivity contribution in [3.8, 4) is 0 Å². The van der Waals surface area contributed by atoms with Crippen LogP contribution in [0.25, 0.3) is 0 Å². The fourth-order valence-corrected chi connectivity index (χ4v) is 2.57. The maximum Gasteiger partial charge on any atom is 0.222 e. The Morgan fingerprint density at radius 3 is 2.38 bits per heavy atom. The molecule has 0 aliphatic heterocycles. The number of hydrogen-bond acceptors (Lipinski definition) is 2. The first-order chi connectivity index (χ1) is 7.47. The van der Waals surface area contributed by atoms with Gasteiger partial charge in [-0.15, -0.1) is 0 Å². The van der Waals surface area contributed by atoms with Crippen molar-refractivity contribution in [2.45, 2.75) is 70.9 Å². The van der Waals surface area contributed by atoms with Gasteiger partial charge in [0.15, 0.2) is 0 Å². The molecular formula is C13H26N2O. The molecule has 0 aromatic rings. The van der Waals surface area contributed by atoms with Crippen LogP contribution in [0.3, 0.4) is 0 Å². The van der Waals surface area contributed by atoms with Crippen LogP contribution < -0.4 is 11.1 Å². The van der Waals surface area contributed by atoms with Crippen molar-refractivity contribution in [1.29, 1.82) is 0 Å². The van der Waals surface area contributed by atoms with E-state index in [4.69, 9.17) is 5.73 Å². The predicted molar refractivity (Wildman–Crippen MR) is 67.1 cm³/mol. The van der Waals surface area contributed by atoms with Crippen molar-refractivity contribution in [2.24, 2.45) is 11.7 Å². The van der Waals surface area contributed by atoms with Gasteiger partial charge in [0, 0.05) is 18.0 Å². The molecule has 3 nitrogen and oxygen atoms in total. The number of carbonyl (C=O) groups is 1. The Bertz CT molecular complexity index is 232. The van der Waals surface area contributed by atoms with Gasteiger partial charge in [-0.1, -0.05) is 33.6 Å². The van der Waals surface area contributed by atoms with Gasteiger partial charge in [-0.3, -0.25) is 4.79 Å². The summed E-state index contributed by atoms with van der Waals surface area (Å²) in [5.41, 5.74) is 5.97. The van der Waals surface area contributed by atoms with E-state index in [0.29, 0.717) is 12.3 Å². The number of nitrogens with one attached hydrogen (secondary N) is 1. The number of rotatable bonds is 5. The number of hydrogen-bond donors (Lipinski definition) is 2. The average molecular weight is 226 g/mol. The molecule has 1 aliphatic carbocycles. The quantitative estimate of drug-likeness (QED) is 0.755. The zero-order valence-electron chi connectivity index (χ0n) is 10.9. The molecule has 1 unspecified atom stereocenters. The molecule has 0 saturated heterocycles. The highest BCUT2D eigenvalue weighted by molar-refractivity contribution is 5.77. The lowest BCUT2D eigenvalue weighted by molar-refractivity contribution is -0.123. The van der Waals surface area contributed by atoms with E-state index in [1.165, 1.54) is 12.8 Å². The molecule has 16 heavy (non-hydrogen) atoms. The minimum Gasteiger partial charge on any atom is -0.353 e. The van der Waals surface area contributed by atoms with Gasteiger partial charge in [-0.25, -0.2) is 0 Å². The highest BCUT2D eigenvalue weighted by Crippen LogP contribution is 2.29. The van der Waals surface area contributed by atoms with E-state index in [9.17, 15) is 4.79 Å². The fraction of sp³-hybridized carbons (Fsp3) is 0.923. The van der Waals surface area contributed by atoms with Crippen LogP contribution in [0.1, 0.15) is 59.3 Å². The molecule has 1 fully saturated rings. The van der Waals surface area contributed by atoms with Gasteiger partial charge >= 0.3 is 0 Å². The molecule has 1 rings (SSSR count). The monoisotopic (exact) mass is 226 g/mol. The summed E-state index contributed by atoms with van der Waals surface area (Å²) in [6, 6.07) is 0.289. The van der Waals surface area contributed by atoms with Crippen LogP contribution in [-0.4, -0.2) is 17.5 Å². The molecular weight excluding hydrogens is 200 g/mol. The molecule has 1 aliphatic rings. The van der Waals surface area contributed by atoms with Gasteiger partial charge in [-0.2, -0.15) is 0 Å². The molecule has 94 valence electrons. The van der Waals surface area contributed by atoms with Gasteiger partial charge in [0.1, 0.15) is 0 Å². The van der Waals surface area contributed by atoms with Crippen LogP contribution >= 0.6 is 0 Å². The van der Waals surface area contributed by atoms with E-state index in [-0.39, 0.29) is 17.5 Å². The van der Waals surface area contributed by atoms with Gasteiger partial charge in [0.25, 0.3) is 0 Å². The Labute approximate surface area is 99.2 Å². The molecule has 3 N–H and O–H groups in total. The van der Waals surface area contributed by atoms with E-state index >= 15 is 0 Å². The number of nitrogens with two attached hydrogens (primary N) is 1. The second kappa shape index (κ2) is 5.67. The Balaban J connectivity index is 2.40. The molecule has 0 aromatic carbocycles. The van der Waals surface area contributed by atoms with Crippen LogP contribution in [0.4, 0.5) is 0 Å². The molecule has 1 amide bonds. The van der Waals surface area contributed by atoms with Crippen molar-refractivity contribution in [3.63, 3.8) is 0 Å². The average Bonchev–Trinajstić information content (AvgIpc) is 2.60. The van der Waals surface area contributed by atoms with E-state index in [2.05, 4.69) is 26.1 Å². The van der Waals surface area contributed by atoms with Crippen LogP contribution in [0.15, 0.2) is 0 Å². The molecule has 0 aromatic heterocycles. The molecule has 0 bridgehead atoms. The summed E-state index contributed by atoms with van der Waals surface area (Å²) in [5, 5.41) is 3.10. The molecule has 0 spiro atoms. The molecule has 0 radical (unpaired) electrons. The van der Waals surface area contributed by atoms with Crippen molar-refractivity contribution >= 4 is 5.91 Å². The largest absolute Gasteiger partial charge is 0.353 e. The Morgan fingerprint density at radius 2 is 1.94 bits per heavy atom. The first kappa shape index (κ1) is 13.5. The maximum atomic E-state index is 11.9. The summed E-state index contributed by atoms with van der Waals surface area (Å²) in [5.74, 6) is 0.621. The van der Waals surface area contributed by atoms with Crippen LogP contribution in [0.2, 0.25) is 0 Å². The normalized spacial score (nSPS) is 21.1. The Morgan fingerprint density at radius 1 is 1.38 bits per heavy atom. The lowest BCUT2D eigenvalue weighted by Gasteiger charge is -2.26. The minimum atomic E-state index is -0.223. The summed E-state index contributed by atoms with van der Waals surface area (Å²) in [6.07, 6.45) is 5.82. The zero-order valence-corrected chi connectivity index (χ0v) is 10.9. The second-order valence-corrected chi connectivity index (χ2v) is 5.57. The third-order valence-corrected chi connectivity index (χ3v) is 3.70. The third-order valence-electron chi connectivity index (χ3n) is 3.70. The highest BCUT2D eigenvalue weighted by atomic mass is 16.1. The standard InChI is InChI=1S/C13H26N2O/c1-4-11(10(2)3)15-12(16)9-13(14)7-5-6-8-13/h10-11H,4-9,14H2,1-3H3,(H,15,16). The van der Waals surface area contributed by atoms with Crippen LogP contribution in [0.5, 0.6) is 0 Å². The topological polar surface area (TPSA) is 55.1 Å². The number of amides is 1. The number of carbonyl (C=O) groups excluding carboxylic acids is 1. The van der Waals surface area contributed by atoms with Gasteiger partial charge < -0.3 is 11.1 Å². The fourth-order valence-electron chi connectivity index (χ4n) is 2.57. The van der Waals surface area contributed by atoms with Crippen molar-refractivity contribution in [3.05, 3.63) is 0 Å². The molecule has 0 heterocycles. The Kier molecular flexibility index (Phi) is 4.78. The smallest absolute Gasteiger partial charge is 0.222 e. The second-order valence-electron chi connectivity index (χ2n) is 5.57. The third kappa shape index (κ3) is 3.78. The highest BCUT2D eigenvalue weighted by Gasteiger charge is 2.32. The maximum absolute atomic E-state index is 11.9. The molecule has 1 atom stereocenters. The summed E-state index contributed by atoms with van der Waals surface area (Å²) in [7, 11) is 0. The lowest BCUT2D eigenvalue weighted by Crippen LogP contribution is -2.45. The SMILES string of the molecule is CCC(NC(=O)CC1(N)CCCC1)C(C)C. The zero-order chi connectivity index (χ0) is 12.2. The summed E-state index contributed by atoms with van der Waals surface area (Å²) < 4.78 is 0. The van der Waals surface area contributed by atoms with Crippen LogP contribution in [-0.2, 0) is 4.79 Å².